The number of urea groups is 1. The first-order valence-electron chi connectivity index (χ1n) is 8.86. The number of rotatable bonds is 4. The van der Waals surface area contributed by atoms with Gasteiger partial charge in [-0.1, -0.05) is 24.3 Å². The van der Waals surface area contributed by atoms with Crippen LogP contribution in [0.2, 0.25) is 0 Å². The molecule has 0 saturated carbocycles. The second-order valence-corrected chi connectivity index (χ2v) is 6.40. The van der Waals surface area contributed by atoms with Gasteiger partial charge < -0.3 is 19.9 Å². The Morgan fingerprint density at radius 2 is 1.82 bits per heavy atom. The highest BCUT2D eigenvalue weighted by molar-refractivity contribution is 6.01. The molecular formula is C22H20N4O2. The molecule has 140 valence electrons. The number of carbonyl (C=O) groups is 1. The quantitative estimate of drug-likeness (QED) is 0.536. The Kier molecular flexibility index (Phi) is 4.68. The van der Waals surface area contributed by atoms with Gasteiger partial charge >= 0.3 is 6.03 Å². The Hall–Kier alpha value is -3.80. The van der Waals surface area contributed by atoms with Crippen LogP contribution in [-0.2, 0) is 7.05 Å². The first kappa shape index (κ1) is 17.6. The molecule has 0 saturated heterocycles. The fraction of sp³-hybridized carbons (Fsp3) is 0.0909. The van der Waals surface area contributed by atoms with Crippen molar-refractivity contribution in [2.75, 3.05) is 17.7 Å². The number of anilines is 2. The minimum absolute atomic E-state index is 0.325. The van der Waals surface area contributed by atoms with Gasteiger partial charge in [0.25, 0.3) is 0 Å². The zero-order chi connectivity index (χ0) is 19.5. The first-order valence-corrected chi connectivity index (χ1v) is 8.86. The van der Waals surface area contributed by atoms with E-state index in [1.165, 1.54) is 0 Å². The second kappa shape index (κ2) is 7.44. The summed E-state index contributed by atoms with van der Waals surface area (Å²) in [5.74, 6) is 0.610. The summed E-state index contributed by atoms with van der Waals surface area (Å²) in [6, 6.07) is 16.7. The van der Waals surface area contributed by atoms with E-state index in [9.17, 15) is 4.79 Å². The Bertz CT molecular complexity index is 1130. The molecule has 2 N–H and O–H groups in total. The lowest BCUT2D eigenvalue weighted by Crippen LogP contribution is -2.19. The molecule has 28 heavy (non-hydrogen) atoms. The lowest BCUT2D eigenvalue weighted by molar-refractivity contribution is 0.262. The van der Waals surface area contributed by atoms with E-state index in [1.807, 2.05) is 55.7 Å². The minimum atomic E-state index is -0.325. The number of ether oxygens (including phenoxy) is 1. The highest BCUT2D eigenvalue weighted by Crippen LogP contribution is 2.30. The molecule has 0 aliphatic heterocycles. The van der Waals surface area contributed by atoms with Crippen LogP contribution in [0.1, 0.15) is 0 Å². The third-order valence-electron chi connectivity index (χ3n) is 4.60. The van der Waals surface area contributed by atoms with Crippen molar-refractivity contribution in [3.8, 4) is 16.9 Å². The molecule has 0 aliphatic carbocycles. The van der Waals surface area contributed by atoms with Crippen molar-refractivity contribution in [1.29, 1.82) is 0 Å². The van der Waals surface area contributed by atoms with Crippen LogP contribution in [0.5, 0.6) is 5.75 Å². The average Bonchev–Trinajstić information content (AvgIpc) is 3.06. The molecule has 2 amide bonds. The van der Waals surface area contributed by atoms with E-state index in [0.29, 0.717) is 17.1 Å². The van der Waals surface area contributed by atoms with Gasteiger partial charge in [0, 0.05) is 36.1 Å². The molecule has 2 aromatic carbocycles. The summed E-state index contributed by atoms with van der Waals surface area (Å²) >= 11 is 0. The molecule has 4 rings (SSSR count). The second-order valence-electron chi connectivity index (χ2n) is 6.40. The summed E-state index contributed by atoms with van der Waals surface area (Å²) in [4.78, 5) is 16.5. The van der Waals surface area contributed by atoms with E-state index in [1.54, 1.807) is 25.4 Å². The highest BCUT2D eigenvalue weighted by Gasteiger charge is 2.10. The number of methoxy groups -OCH3 is 1. The number of aromatic nitrogens is 2. The molecule has 0 radical (unpaired) electrons. The normalized spacial score (nSPS) is 10.6. The fourth-order valence-electron chi connectivity index (χ4n) is 3.22. The van der Waals surface area contributed by atoms with E-state index in [-0.39, 0.29) is 6.03 Å². The lowest BCUT2D eigenvalue weighted by Gasteiger charge is -2.11. The van der Waals surface area contributed by atoms with Gasteiger partial charge in [0.15, 0.2) is 0 Å². The number of pyridine rings is 1. The third kappa shape index (κ3) is 3.40. The maximum Gasteiger partial charge on any atom is 0.323 e. The van der Waals surface area contributed by atoms with Crippen LogP contribution in [-0.4, -0.2) is 22.7 Å². The predicted octanol–water partition coefficient (Wildman–Crippen LogP) is 4.89. The number of fused-ring (bicyclic) bond motifs is 1. The number of benzene rings is 2. The van der Waals surface area contributed by atoms with Gasteiger partial charge in [-0.15, -0.1) is 0 Å². The van der Waals surface area contributed by atoms with Gasteiger partial charge in [0.1, 0.15) is 5.75 Å². The molecule has 6 nitrogen and oxygen atoms in total. The molecule has 0 atom stereocenters. The zero-order valence-corrected chi connectivity index (χ0v) is 15.6. The van der Waals surface area contributed by atoms with E-state index < -0.39 is 0 Å². The smallest absolute Gasteiger partial charge is 0.323 e. The topological polar surface area (TPSA) is 68.2 Å². The van der Waals surface area contributed by atoms with Crippen LogP contribution in [0.25, 0.3) is 22.0 Å². The Morgan fingerprint density at radius 1 is 1.04 bits per heavy atom. The van der Waals surface area contributed by atoms with E-state index >= 15 is 0 Å². The predicted molar refractivity (Wildman–Crippen MR) is 112 cm³/mol. The fourth-order valence-corrected chi connectivity index (χ4v) is 3.22. The van der Waals surface area contributed by atoms with E-state index in [0.717, 1.165) is 22.0 Å². The number of carbonyl (C=O) groups excluding carboxylic acids is 1. The molecule has 6 heteroatoms. The third-order valence-corrected chi connectivity index (χ3v) is 4.60. The zero-order valence-electron chi connectivity index (χ0n) is 15.6. The molecule has 4 aromatic rings. The van der Waals surface area contributed by atoms with E-state index in [4.69, 9.17) is 4.74 Å². The molecule has 0 spiro atoms. The van der Waals surface area contributed by atoms with Gasteiger partial charge in [-0.25, -0.2) is 4.79 Å². The van der Waals surface area contributed by atoms with Crippen LogP contribution < -0.4 is 15.4 Å². The van der Waals surface area contributed by atoms with Crippen molar-refractivity contribution in [3.05, 3.63) is 73.2 Å². The van der Waals surface area contributed by atoms with Gasteiger partial charge in [-0.3, -0.25) is 4.98 Å². The van der Waals surface area contributed by atoms with Gasteiger partial charge in [0.2, 0.25) is 0 Å². The van der Waals surface area contributed by atoms with Gasteiger partial charge in [0.05, 0.1) is 24.5 Å². The number of amides is 2. The van der Waals surface area contributed by atoms with Crippen LogP contribution in [0.15, 0.2) is 73.2 Å². The summed E-state index contributed by atoms with van der Waals surface area (Å²) < 4.78 is 7.31. The molecule has 0 unspecified atom stereocenters. The molecule has 2 aromatic heterocycles. The number of nitrogens with one attached hydrogen (secondary N) is 2. The summed E-state index contributed by atoms with van der Waals surface area (Å²) in [6.07, 6.45) is 5.74. The minimum Gasteiger partial charge on any atom is -0.495 e. The summed E-state index contributed by atoms with van der Waals surface area (Å²) in [7, 11) is 3.58. The molecular weight excluding hydrogens is 352 g/mol. The van der Waals surface area contributed by atoms with Crippen molar-refractivity contribution in [2.24, 2.45) is 7.05 Å². The Balaban J connectivity index is 1.51. The number of aryl methyl sites for hydroxylation is 1. The van der Waals surface area contributed by atoms with Crippen LogP contribution in [0.3, 0.4) is 0 Å². The maximum absolute atomic E-state index is 12.3. The monoisotopic (exact) mass is 372 g/mol. The van der Waals surface area contributed by atoms with Crippen LogP contribution >= 0.6 is 0 Å². The number of nitrogens with zero attached hydrogens (tertiary/aromatic N) is 2. The first-order chi connectivity index (χ1) is 13.7. The summed E-state index contributed by atoms with van der Waals surface area (Å²) in [5.41, 5.74) is 4.61. The van der Waals surface area contributed by atoms with Crippen molar-refractivity contribution >= 4 is 28.3 Å². The number of hydrogen-bond acceptors (Lipinski definition) is 3. The molecule has 0 aliphatic rings. The maximum atomic E-state index is 12.3. The van der Waals surface area contributed by atoms with Crippen molar-refractivity contribution in [2.45, 2.75) is 0 Å². The van der Waals surface area contributed by atoms with Crippen molar-refractivity contribution in [1.82, 2.24) is 9.55 Å². The van der Waals surface area contributed by atoms with Gasteiger partial charge in [-0.2, -0.15) is 0 Å². The molecule has 2 heterocycles. The Morgan fingerprint density at radius 3 is 2.61 bits per heavy atom. The van der Waals surface area contributed by atoms with E-state index in [2.05, 4.69) is 26.4 Å². The summed E-state index contributed by atoms with van der Waals surface area (Å²) in [5, 5.41) is 6.79. The Labute approximate surface area is 162 Å². The van der Waals surface area contributed by atoms with Crippen molar-refractivity contribution in [3.63, 3.8) is 0 Å². The largest absolute Gasteiger partial charge is 0.495 e. The number of para-hydroxylation sites is 2. The molecule has 0 fully saturated rings. The van der Waals surface area contributed by atoms with Crippen LogP contribution in [0.4, 0.5) is 16.2 Å². The van der Waals surface area contributed by atoms with Crippen LogP contribution in [0, 0.1) is 0 Å². The van der Waals surface area contributed by atoms with Gasteiger partial charge in [-0.05, 0) is 35.9 Å². The standard InChI is InChI=1S/C22H20N4O2/c1-26-14-18(17-11-12-23-13-20(17)26)15-7-9-16(10-8-15)24-22(27)25-19-5-3-4-6-21(19)28-2/h3-14H,1-2H3,(H2,24,25,27). The molecule has 0 bridgehead atoms. The highest BCUT2D eigenvalue weighted by atomic mass is 16.5. The lowest BCUT2D eigenvalue weighted by atomic mass is 10.1. The summed E-state index contributed by atoms with van der Waals surface area (Å²) in [6.45, 7) is 0. The SMILES string of the molecule is COc1ccccc1NC(=O)Nc1ccc(-c2cn(C)c3cnccc23)cc1. The average molecular weight is 372 g/mol. The number of hydrogen-bond donors (Lipinski definition) is 2. The van der Waals surface area contributed by atoms with Crippen molar-refractivity contribution < 1.29 is 9.53 Å².